The molecule has 0 fully saturated rings. The standard InChI is InChI=1S/C15H13BrOS/c1-7-6-11-10-4-5-12(16)8(2)14(10)18-15(11)9(3)13(7)17/h4-6,17H,1-3H3. The first-order chi connectivity index (χ1) is 8.50. The van der Waals surface area contributed by atoms with Crippen LogP contribution in [0.3, 0.4) is 0 Å². The summed E-state index contributed by atoms with van der Waals surface area (Å²) in [6.07, 6.45) is 0. The zero-order valence-corrected chi connectivity index (χ0v) is 12.9. The zero-order chi connectivity index (χ0) is 13.0. The van der Waals surface area contributed by atoms with Crippen LogP contribution >= 0.6 is 27.3 Å². The Kier molecular flexibility index (Phi) is 2.65. The molecule has 0 saturated carbocycles. The number of hydrogen-bond acceptors (Lipinski definition) is 2. The van der Waals surface area contributed by atoms with E-state index in [2.05, 4.69) is 41.1 Å². The molecule has 0 atom stereocenters. The highest BCUT2D eigenvalue weighted by Gasteiger charge is 2.14. The quantitative estimate of drug-likeness (QED) is 0.584. The van der Waals surface area contributed by atoms with Crippen molar-refractivity contribution in [2.75, 3.05) is 0 Å². The molecule has 0 aliphatic heterocycles. The molecule has 92 valence electrons. The molecular formula is C15H13BrOS. The van der Waals surface area contributed by atoms with Gasteiger partial charge in [0.25, 0.3) is 0 Å². The van der Waals surface area contributed by atoms with Crippen LogP contribution in [-0.2, 0) is 0 Å². The van der Waals surface area contributed by atoms with Gasteiger partial charge in [-0.25, -0.2) is 0 Å². The Bertz CT molecular complexity index is 786. The van der Waals surface area contributed by atoms with Crippen LogP contribution in [0.15, 0.2) is 22.7 Å². The maximum absolute atomic E-state index is 10.1. The van der Waals surface area contributed by atoms with Crippen LogP contribution in [-0.4, -0.2) is 5.11 Å². The fraction of sp³-hybridized carbons (Fsp3) is 0.200. The van der Waals surface area contributed by atoms with Gasteiger partial charge in [0.05, 0.1) is 0 Å². The van der Waals surface area contributed by atoms with Gasteiger partial charge in [-0.3, -0.25) is 0 Å². The van der Waals surface area contributed by atoms with Gasteiger partial charge in [-0.2, -0.15) is 0 Å². The van der Waals surface area contributed by atoms with E-state index in [0.29, 0.717) is 5.75 Å². The number of hydrogen-bond donors (Lipinski definition) is 1. The second-order valence-electron chi connectivity index (χ2n) is 4.69. The highest BCUT2D eigenvalue weighted by atomic mass is 79.9. The number of phenols is 1. The van der Waals surface area contributed by atoms with Crippen molar-refractivity contribution in [2.24, 2.45) is 0 Å². The summed E-state index contributed by atoms with van der Waals surface area (Å²) < 4.78 is 3.63. The molecule has 0 aliphatic rings. The Morgan fingerprint density at radius 3 is 2.39 bits per heavy atom. The van der Waals surface area contributed by atoms with E-state index >= 15 is 0 Å². The molecular weight excluding hydrogens is 308 g/mol. The third-order valence-electron chi connectivity index (χ3n) is 3.51. The number of aromatic hydroxyl groups is 1. The largest absolute Gasteiger partial charge is 0.507 e. The Balaban J connectivity index is 2.59. The van der Waals surface area contributed by atoms with Gasteiger partial charge in [0, 0.05) is 30.2 Å². The highest BCUT2D eigenvalue weighted by Crippen LogP contribution is 2.42. The Morgan fingerprint density at radius 2 is 1.67 bits per heavy atom. The number of thiophene rings is 1. The fourth-order valence-corrected chi connectivity index (χ4v) is 4.15. The van der Waals surface area contributed by atoms with Crippen LogP contribution in [0.5, 0.6) is 5.75 Å². The molecule has 0 aliphatic carbocycles. The average Bonchev–Trinajstić information content (AvgIpc) is 2.71. The highest BCUT2D eigenvalue weighted by molar-refractivity contribution is 9.10. The second-order valence-corrected chi connectivity index (χ2v) is 6.57. The lowest BCUT2D eigenvalue weighted by atomic mass is 10.0. The lowest BCUT2D eigenvalue weighted by molar-refractivity contribution is 0.468. The first-order valence-corrected chi connectivity index (χ1v) is 7.42. The average molecular weight is 321 g/mol. The summed E-state index contributed by atoms with van der Waals surface area (Å²) in [5.74, 6) is 0.422. The summed E-state index contributed by atoms with van der Waals surface area (Å²) >= 11 is 5.34. The van der Waals surface area contributed by atoms with Crippen LogP contribution in [0, 0.1) is 20.8 Å². The van der Waals surface area contributed by atoms with E-state index < -0.39 is 0 Å². The van der Waals surface area contributed by atoms with Crippen molar-refractivity contribution >= 4 is 47.4 Å². The van der Waals surface area contributed by atoms with Crippen LogP contribution in [0.25, 0.3) is 20.2 Å². The van der Waals surface area contributed by atoms with Gasteiger partial charge in [0.15, 0.2) is 0 Å². The molecule has 0 saturated heterocycles. The van der Waals surface area contributed by atoms with Crippen molar-refractivity contribution in [2.45, 2.75) is 20.8 Å². The van der Waals surface area contributed by atoms with Gasteiger partial charge >= 0.3 is 0 Å². The van der Waals surface area contributed by atoms with Gasteiger partial charge in [-0.05, 0) is 44.0 Å². The van der Waals surface area contributed by atoms with Crippen LogP contribution in [0.4, 0.5) is 0 Å². The normalized spacial score (nSPS) is 11.6. The maximum Gasteiger partial charge on any atom is 0.122 e. The van der Waals surface area contributed by atoms with E-state index in [-0.39, 0.29) is 0 Å². The summed E-state index contributed by atoms with van der Waals surface area (Å²) in [6, 6.07) is 6.34. The second kappa shape index (κ2) is 3.97. The molecule has 0 unspecified atom stereocenters. The molecule has 0 spiro atoms. The fourth-order valence-electron chi connectivity index (χ4n) is 2.40. The molecule has 3 rings (SSSR count). The van der Waals surface area contributed by atoms with Crippen molar-refractivity contribution < 1.29 is 5.11 Å². The molecule has 1 aromatic heterocycles. The van der Waals surface area contributed by atoms with E-state index in [1.807, 2.05) is 13.8 Å². The van der Waals surface area contributed by atoms with Gasteiger partial charge < -0.3 is 5.11 Å². The number of phenolic OH excluding ortho intramolecular Hbond substituents is 1. The van der Waals surface area contributed by atoms with Crippen molar-refractivity contribution in [3.05, 3.63) is 39.4 Å². The van der Waals surface area contributed by atoms with E-state index in [4.69, 9.17) is 0 Å². The molecule has 0 radical (unpaired) electrons. The molecule has 0 bridgehead atoms. The zero-order valence-electron chi connectivity index (χ0n) is 10.5. The molecule has 1 heterocycles. The van der Waals surface area contributed by atoms with Gasteiger partial charge in [-0.15, -0.1) is 11.3 Å². The SMILES string of the molecule is Cc1cc2c(sc3c(C)c(Br)ccc32)c(C)c1O. The molecule has 3 heteroatoms. The molecule has 3 aromatic rings. The Hall–Kier alpha value is -1.06. The lowest BCUT2D eigenvalue weighted by Crippen LogP contribution is -1.80. The third-order valence-corrected chi connectivity index (χ3v) is 5.83. The predicted octanol–water partition coefficient (Wildman–Crippen LogP) is 5.45. The number of fused-ring (bicyclic) bond motifs is 3. The Morgan fingerprint density at radius 1 is 1.00 bits per heavy atom. The topological polar surface area (TPSA) is 20.2 Å². The minimum Gasteiger partial charge on any atom is -0.507 e. The van der Waals surface area contributed by atoms with E-state index in [0.717, 1.165) is 15.6 Å². The smallest absolute Gasteiger partial charge is 0.122 e. The summed E-state index contributed by atoms with van der Waals surface area (Å²) in [4.78, 5) is 0. The third kappa shape index (κ3) is 1.50. The van der Waals surface area contributed by atoms with E-state index in [1.54, 1.807) is 11.3 Å². The molecule has 1 nitrogen and oxygen atoms in total. The van der Waals surface area contributed by atoms with Gasteiger partial charge in [0.2, 0.25) is 0 Å². The number of benzene rings is 2. The van der Waals surface area contributed by atoms with Crippen molar-refractivity contribution in [3.63, 3.8) is 0 Å². The molecule has 2 aromatic carbocycles. The van der Waals surface area contributed by atoms with Crippen LogP contribution in [0.1, 0.15) is 16.7 Å². The molecule has 0 amide bonds. The first kappa shape index (κ1) is 12.0. The van der Waals surface area contributed by atoms with E-state index in [1.165, 1.54) is 25.7 Å². The Labute approximate surface area is 118 Å². The van der Waals surface area contributed by atoms with Gasteiger partial charge in [-0.1, -0.05) is 22.0 Å². The number of rotatable bonds is 0. The van der Waals surface area contributed by atoms with Crippen LogP contribution in [0.2, 0.25) is 0 Å². The van der Waals surface area contributed by atoms with E-state index in [9.17, 15) is 5.11 Å². The summed E-state index contributed by atoms with van der Waals surface area (Å²) in [6.45, 7) is 6.07. The van der Waals surface area contributed by atoms with Crippen LogP contribution < -0.4 is 0 Å². The predicted molar refractivity (Wildman–Crippen MR) is 82.9 cm³/mol. The lowest BCUT2D eigenvalue weighted by Gasteiger charge is -2.04. The maximum atomic E-state index is 10.1. The summed E-state index contributed by atoms with van der Waals surface area (Å²) in [5, 5.41) is 12.6. The van der Waals surface area contributed by atoms with Crippen molar-refractivity contribution in [1.82, 2.24) is 0 Å². The minimum absolute atomic E-state index is 0.422. The summed E-state index contributed by atoms with van der Waals surface area (Å²) in [5.41, 5.74) is 3.20. The van der Waals surface area contributed by atoms with Crippen molar-refractivity contribution in [1.29, 1.82) is 0 Å². The monoisotopic (exact) mass is 320 g/mol. The number of aryl methyl sites for hydroxylation is 3. The van der Waals surface area contributed by atoms with Crippen molar-refractivity contribution in [3.8, 4) is 5.75 Å². The number of halogens is 1. The first-order valence-electron chi connectivity index (χ1n) is 5.81. The summed E-state index contributed by atoms with van der Waals surface area (Å²) in [7, 11) is 0. The molecule has 18 heavy (non-hydrogen) atoms. The van der Waals surface area contributed by atoms with Gasteiger partial charge in [0.1, 0.15) is 5.75 Å². The molecule has 1 N–H and O–H groups in total. The minimum atomic E-state index is 0.422.